The largest absolute Gasteiger partial charge is 0.493 e. The summed E-state index contributed by atoms with van der Waals surface area (Å²) in [7, 11) is 0. The fraction of sp³-hybridized carbons (Fsp3) is 0.333. The molecule has 1 unspecified atom stereocenters. The minimum atomic E-state index is -0.800. The summed E-state index contributed by atoms with van der Waals surface area (Å²) < 4.78 is 31.3. The zero-order chi connectivity index (χ0) is 9.42. The number of hydrogen-bond donors (Lipinski definition) is 0. The van der Waals surface area contributed by atoms with E-state index < -0.39 is 11.6 Å². The Morgan fingerprint density at radius 2 is 2.15 bits per heavy atom. The van der Waals surface area contributed by atoms with E-state index in [0.717, 1.165) is 12.5 Å². The van der Waals surface area contributed by atoms with Gasteiger partial charge in [-0.25, -0.2) is 8.78 Å². The van der Waals surface area contributed by atoms with E-state index in [9.17, 15) is 8.78 Å². The van der Waals surface area contributed by atoms with Crippen molar-refractivity contribution in [3.8, 4) is 5.75 Å². The van der Waals surface area contributed by atoms with Crippen LogP contribution in [-0.2, 0) is 0 Å². The van der Waals surface area contributed by atoms with Crippen molar-refractivity contribution in [2.24, 2.45) is 0 Å². The predicted octanol–water partition coefficient (Wildman–Crippen LogP) is 3.22. The summed E-state index contributed by atoms with van der Waals surface area (Å²) in [5.74, 6) is -1.09. The second-order valence-electron chi connectivity index (χ2n) is 2.88. The molecule has 0 spiro atoms. The van der Waals surface area contributed by atoms with Crippen molar-refractivity contribution < 1.29 is 13.5 Å². The van der Waals surface area contributed by atoms with Gasteiger partial charge in [0.05, 0.1) is 6.61 Å². The summed E-state index contributed by atoms with van der Waals surface area (Å²) in [6, 6.07) is 2.58. The fourth-order valence-electron chi connectivity index (χ4n) is 1.38. The third-order valence-electron chi connectivity index (χ3n) is 2.03. The average molecular weight is 296 g/mol. The van der Waals surface area contributed by atoms with Gasteiger partial charge in [-0.1, -0.05) is 22.6 Å². The predicted molar refractivity (Wildman–Crippen MR) is 53.2 cm³/mol. The molecule has 0 aromatic heterocycles. The van der Waals surface area contributed by atoms with Crippen molar-refractivity contribution in [2.75, 3.05) is 6.61 Å². The van der Waals surface area contributed by atoms with Gasteiger partial charge >= 0.3 is 0 Å². The molecule has 1 atom stereocenters. The van der Waals surface area contributed by atoms with Crippen LogP contribution in [0.3, 0.4) is 0 Å². The van der Waals surface area contributed by atoms with Crippen molar-refractivity contribution >= 4 is 22.6 Å². The molecule has 0 radical (unpaired) electrons. The molecular formula is C9H7F2IO. The number of fused-ring (bicyclic) bond motifs is 1. The highest BCUT2D eigenvalue weighted by Gasteiger charge is 2.24. The van der Waals surface area contributed by atoms with Crippen molar-refractivity contribution in [3.05, 3.63) is 29.3 Å². The first-order valence-electron chi connectivity index (χ1n) is 3.95. The molecule has 0 aliphatic carbocycles. The minimum absolute atomic E-state index is 0.0112. The molecule has 1 aliphatic heterocycles. The molecule has 1 heterocycles. The number of halogens is 3. The van der Waals surface area contributed by atoms with E-state index in [0.29, 0.717) is 17.9 Å². The highest BCUT2D eigenvalue weighted by molar-refractivity contribution is 14.1. The van der Waals surface area contributed by atoms with Gasteiger partial charge in [-0.3, -0.25) is 0 Å². The van der Waals surface area contributed by atoms with Crippen LogP contribution in [0.1, 0.15) is 15.9 Å². The summed E-state index contributed by atoms with van der Waals surface area (Å²) in [6.07, 6.45) is 0.730. The lowest BCUT2D eigenvalue weighted by Crippen LogP contribution is -2.12. The van der Waals surface area contributed by atoms with E-state index >= 15 is 0 Å². The first-order chi connectivity index (χ1) is 6.20. The van der Waals surface area contributed by atoms with Crippen molar-refractivity contribution in [2.45, 2.75) is 10.3 Å². The summed E-state index contributed by atoms with van der Waals surface area (Å²) in [5.41, 5.74) is 0.367. The fourth-order valence-corrected chi connectivity index (χ4v) is 2.22. The molecule has 4 heteroatoms. The van der Waals surface area contributed by atoms with Crippen LogP contribution in [0.25, 0.3) is 0 Å². The molecule has 0 saturated heterocycles. The van der Waals surface area contributed by atoms with E-state index in [2.05, 4.69) is 22.6 Å². The van der Waals surface area contributed by atoms with Crippen molar-refractivity contribution in [3.63, 3.8) is 0 Å². The van der Waals surface area contributed by atoms with E-state index in [1.165, 1.54) is 6.07 Å². The van der Waals surface area contributed by atoms with Crippen LogP contribution < -0.4 is 4.74 Å². The second-order valence-corrected chi connectivity index (χ2v) is 4.38. The third kappa shape index (κ3) is 1.51. The SMILES string of the molecule is Fc1ccc2c(c1F)C(I)CCO2. The molecule has 1 aliphatic rings. The Morgan fingerprint density at radius 1 is 1.38 bits per heavy atom. The van der Waals surface area contributed by atoms with Gasteiger partial charge in [0, 0.05) is 9.49 Å². The standard InChI is InChI=1S/C9H7F2IO/c10-5-1-2-7-8(9(5)11)6(12)3-4-13-7/h1-2,6H,3-4H2. The molecule has 1 aromatic carbocycles. The monoisotopic (exact) mass is 296 g/mol. The molecule has 0 amide bonds. The number of hydrogen-bond acceptors (Lipinski definition) is 1. The van der Waals surface area contributed by atoms with E-state index in [4.69, 9.17) is 4.74 Å². The van der Waals surface area contributed by atoms with Crippen LogP contribution in [0.15, 0.2) is 12.1 Å². The molecule has 70 valence electrons. The molecule has 1 aromatic rings. The van der Waals surface area contributed by atoms with Gasteiger partial charge in [0.2, 0.25) is 0 Å². The molecule has 13 heavy (non-hydrogen) atoms. The summed E-state index contributed by atoms with van der Waals surface area (Å²) >= 11 is 2.10. The van der Waals surface area contributed by atoms with Crippen LogP contribution in [0, 0.1) is 11.6 Å². The molecule has 1 nitrogen and oxygen atoms in total. The quantitative estimate of drug-likeness (QED) is 0.527. The maximum absolute atomic E-state index is 13.3. The Balaban J connectivity index is 2.58. The summed E-state index contributed by atoms with van der Waals surface area (Å²) in [4.78, 5) is 0. The van der Waals surface area contributed by atoms with Crippen LogP contribution in [0.2, 0.25) is 0 Å². The van der Waals surface area contributed by atoms with Gasteiger partial charge in [0.15, 0.2) is 11.6 Å². The van der Waals surface area contributed by atoms with Crippen LogP contribution >= 0.6 is 22.6 Å². The van der Waals surface area contributed by atoms with Crippen LogP contribution in [0.4, 0.5) is 8.78 Å². The lowest BCUT2D eigenvalue weighted by molar-refractivity contribution is 0.282. The van der Waals surface area contributed by atoms with Gasteiger partial charge in [-0.05, 0) is 18.6 Å². The van der Waals surface area contributed by atoms with E-state index in [1.54, 1.807) is 0 Å². The Morgan fingerprint density at radius 3 is 2.92 bits per heavy atom. The maximum atomic E-state index is 13.3. The highest BCUT2D eigenvalue weighted by atomic mass is 127. The zero-order valence-electron chi connectivity index (χ0n) is 6.69. The van der Waals surface area contributed by atoms with Crippen molar-refractivity contribution in [1.82, 2.24) is 0 Å². The Bertz CT molecular complexity index is 341. The van der Waals surface area contributed by atoms with Gasteiger partial charge in [0.25, 0.3) is 0 Å². The Hall–Kier alpha value is -0.390. The number of alkyl halides is 1. The topological polar surface area (TPSA) is 9.23 Å². The molecule has 0 bridgehead atoms. The van der Waals surface area contributed by atoms with Gasteiger partial charge in [-0.2, -0.15) is 0 Å². The summed E-state index contributed by atoms with van der Waals surface area (Å²) in [5, 5.41) is 0. The third-order valence-corrected chi connectivity index (χ3v) is 3.28. The molecule has 0 fully saturated rings. The highest BCUT2D eigenvalue weighted by Crippen LogP contribution is 2.40. The van der Waals surface area contributed by atoms with Crippen molar-refractivity contribution in [1.29, 1.82) is 0 Å². The van der Waals surface area contributed by atoms with Gasteiger partial charge < -0.3 is 4.74 Å². The van der Waals surface area contributed by atoms with Gasteiger partial charge in [0.1, 0.15) is 5.75 Å². The molecular weight excluding hydrogens is 289 g/mol. The normalized spacial score (nSPS) is 20.7. The number of benzene rings is 1. The first kappa shape index (κ1) is 9.18. The maximum Gasteiger partial charge on any atom is 0.166 e. The number of rotatable bonds is 0. The lowest BCUT2D eigenvalue weighted by atomic mass is 10.1. The molecule has 0 N–H and O–H groups in total. The second kappa shape index (κ2) is 3.40. The zero-order valence-corrected chi connectivity index (χ0v) is 8.85. The Kier molecular flexibility index (Phi) is 2.40. The average Bonchev–Trinajstić information content (AvgIpc) is 2.12. The van der Waals surface area contributed by atoms with Gasteiger partial charge in [-0.15, -0.1) is 0 Å². The lowest BCUT2D eigenvalue weighted by Gasteiger charge is -2.22. The minimum Gasteiger partial charge on any atom is -0.493 e. The van der Waals surface area contributed by atoms with Crippen LogP contribution in [-0.4, -0.2) is 6.61 Å². The molecule has 0 saturated carbocycles. The smallest absolute Gasteiger partial charge is 0.166 e. The number of ether oxygens (including phenoxy) is 1. The van der Waals surface area contributed by atoms with Crippen LogP contribution in [0.5, 0.6) is 5.75 Å². The molecule has 2 rings (SSSR count). The van der Waals surface area contributed by atoms with E-state index in [-0.39, 0.29) is 3.92 Å². The summed E-state index contributed by atoms with van der Waals surface area (Å²) in [6.45, 7) is 0.575. The first-order valence-corrected chi connectivity index (χ1v) is 5.19. The van der Waals surface area contributed by atoms with E-state index in [1.807, 2.05) is 0 Å². The Labute approximate surface area is 88.2 Å².